The molecule has 2 heterocycles. The molecule has 2 nitrogen and oxygen atoms in total. The summed E-state index contributed by atoms with van der Waals surface area (Å²) in [7, 11) is 0. The van der Waals surface area contributed by atoms with Gasteiger partial charge in [-0.25, -0.2) is 9.97 Å². The molecule has 1 aliphatic carbocycles. The Balaban J connectivity index is 1.94. The highest BCUT2D eigenvalue weighted by Crippen LogP contribution is 2.38. The van der Waals surface area contributed by atoms with Crippen molar-refractivity contribution in [3.63, 3.8) is 0 Å². The predicted molar refractivity (Wildman–Crippen MR) is 75.9 cm³/mol. The lowest BCUT2D eigenvalue weighted by molar-refractivity contribution is 0.749. The lowest BCUT2D eigenvalue weighted by Crippen LogP contribution is -2.06. The van der Waals surface area contributed by atoms with Gasteiger partial charge in [0, 0.05) is 21.5 Å². The molecule has 17 heavy (non-hydrogen) atoms. The van der Waals surface area contributed by atoms with Crippen LogP contribution in [-0.4, -0.2) is 14.8 Å². The van der Waals surface area contributed by atoms with Crippen LogP contribution in [0, 0.1) is 5.92 Å². The lowest BCUT2D eigenvalue weighted by Gasteiger charge is -2.07. The average molecular weight is 311 g/mol. The fourth-order valence-corrected chi connectivity index (χ4v) is 3.89. The zero-order valence-electron chi connectivity index (χ0n) is 9.82. The SMILES string of the molecule is CCc1cc2c(CC(Br)C3CC3)ncnc2s1. The lowest BCUT2D eigenvalue weighted by atomic mass is 10.1. The Morgan fingerprint density at radius 3 is 3.00 bits per heavy atom. The van der Waals surface area contributed by atoms with Crippen molar-refractivity contribution < 1.29 is 0 Å². The normalized spacial score (nSPS) is 17.5. The Labute approximate surface area is 114 Å². The molecule has 0 spiro atoms. The first kappa shape index (κ1) is 11.6. The third kappa shape index (κ3) is 2.38. The number of halogens is 1. The highest BCUT2D eigenvalue weighted by Gasteiger charge is 2.30. The van der Waals surface area contributed by atoms with Gasteiger partial charge in [0.2, 0.25) is 0 Å². The molecule has 1 unspecified atom stereocenters. The van der Waals surface area contributed by atoms with Crippen LogP contribution >= 0.6 is 27.3 Å². The monoisotopic (exact) mass is 310 g/mol. The number of aromatic nitrogens is 2. The van der Waals surface area contributed by atoms with E-state index in [0.29, 0.717) is 4.83 Å². The third-order valence-electron chi connectivity index (χ3n) is 3.33. The Hall–Kier alpha value is -0.480. The van der Waals surface area contributed by atoms with Crippen LogP contribution in [0.3, 0.4) is 0 Å². The van der Waals surface area contributed by atoms with Crippen LogP contribution in [0.5, 0.6) is 0 Å². The van der Waals surface area contributed by atoms with Crippen LogP contribution in [-0.2, 0) is 12.8 Å². The molecule has 0 aromatic carbocycles. The number of hydrogen-bond acceptors (Lipinski definition) is 3. The maximum absolute atomic E-state index is 4.47. The van der Waals surface area contributed by atoms with E-state index in [2.05, 4.69) is 38.9 Å². The highest BCUT2D eigenvalue weighted by molar-refractivity contribution is 9.09. The summed E-state index contributed by atoms with van der Waals surface area (Å²) in [6.45, 7) is 2.19. The van der Waals surface area contributed by atoms with Crippen molar-refractivity contribution in [2.24, 2.45) is 5.92 Å². The van der Waals surface area contributed by atoms with Crippen LogP contribution in [0.2, 0.25) is 0 Å². The summed E-state index contributed by atoms with van der Waals surface area (Å²) >= 11 is 5.59. The average Bonchev–Trinajstić information content (AvgIpc) is 3.09. The van der Waals surface area contributed by atoms with Crippen molar-refractivity contribution in [3.05, 3.63) is 23.0 Å². The molecule has 90 valence electrons. The van der Waals surface area contributed by atoms with E-state index in [9.17, 15) is 0 Å². The number of rotatable bonds is 4. The number of hydrogen-bond donors (Lipinski definition) is 0. The van der Waals surface area contributed by atoms with Crippen molar-refractivity contribution in [3.8, 4) is 0 Å². The Kier molecular flexibility index (Phi) is 3.17. The van der Waals surface area contributed by atoms with Crippen LogP contribution in [0.15, 0.2) is 12.4 Å². The van der Waals surface area contributed by atoms with E-state index >= 15 is 0 Å². The highest BCUT2D eigenvalue weighted by atomic mass is 79.9. The Bertz CT molecular complexity index is 533. The van der Waals surface area contributed by atoms with Crippen LogP contribution in [0.25, 0.3) is 10.2 Å². The van der Waals surface area contributed by atoms with Gasteiger partial charge < -0.3 is 0 Å². The minimum Gasteiger partial charge on any atom is -0.241 e. The van der Waals surface area contributed by atoms with E-state index in [-0.39, 0.29) is 0 Å². The molecule has 0 bridgehead atoms. The van der Waals surface area contributed by atoms with E-state index in [0.717, 1.165) is 23.6 Å². The van der Waals surface area contributed by atoms with Gasteiger partial charge in [-0.15, -0.1) is 11.3 Å². The van der Waals surface area contributed by atoms with Crippen molar-refractivity contribution in [1.82, 2.24) is 9.97 Å². The van der Waals surface area contributed by atoms with Gasteiger partial charge in [0.25, 0.3) is 0 Å². The minimum atomic E-state index is 0.588. The number of thiophene rings is 1. The molecule has 1 aliphatic rings. The topological polar surface area (TPSA) is 25.8 Å². The van der Waals surface area contributed by atoms with E-state index < -0.39 is 0 Å². The van der Waals surface area contributed by atoms with Crippen LogP contribution in [0.1, 0.15) is 30.3 Å². The standard InChI is InChI=1S/C13H15BrN2S/c1-2-9-5-10-12(6-11(14)8-3-4-8)15-7-16-13(10)17-9/h5,7-8,11H,2-4,6H2,1H3. The molecular weight excluding hydrogens is 296 g/mol. The second-order valence-electron chi connectivity index (χ2n) is 4.66. The molecule has 0 N–H and O–H groups in total. The number of alkyl halides is 1. The van der Waals surface area contributed by atoms with Gasteiger partial charge >= 0.3 is 0 Å². The molecule has 0 amide bonds. The van der Waals surface area contributed by atoms with E-state index in [4.69, 9.17) is 0 Å². The summed E-state index contributed by atoms with van der Waals surface area (Å²) in [5.74, 6) is 0.865. The molecule has 1 fully saturated rings. The van der Waals surface area contributed by atoms with Gasteiger partial charge in [-0.3, -0.25) is 0 Å². The largest absolute Gasteiger partial charge is 0.241 e. The maximum Gasteiger partial charge on any atom is 0.127 e. The van der Waals surface area contributed by atoms with Gasteiger partial charge in [-0.2, -0.15) is 0 Å². The summed E-state index contributed by atoms with van der Waals surface area (Å²) in [4.78, 5) is 12.0. The second-order valence-corrected chi connectivity index (χ2v) is 6.95. The third-order valence-corrected chi connectivity index (χ3v) is 5.59. The van der Waals surface area contributed by atoms with Crippen molar-refractivity contribution in [2.75, 3.05) is 0 Å². The first-order valence-electron chi connectivity index (χ1n) is 6.14. The summed E-state index contributed by atoms with van der Waals surface area (Å²) < 4.78 is 0. The molecule has 0 aliphatic heterocycles. The molecule has 1 saturated carbocycles. The summed E-state index contributed by atoms with van der Waals surface area (Å²) in [6, 6.07) is 2.27. The quantitative estimate of drug-likeness (QED) is 0.799. The predicted octanol–water partition coefficient (Wildman–Crippen LogP) is 3.97. The smallest absolute Gasteiger partial charge is 0.127 e. The van der Waals surface area contributed by atoms with Crippen molar-refractivity contribution in [1.29, 1.82) is 0 Å². The molecule has 4 heteroatoms. The summed E-state index contributed by atoms with van der Waals surface area (Å²) in [5.41, 5.74) is 1.21. The molecule has 3 rings (SSSR count). The maximum atomic E-state index is 4.47. The van der Waals surface area contributed by atoms with Gasteiger partial charge in [0.05, 0.1) is 5.69 Å². The number of nitrogens with zero attached hydrogens (tertiary/aromatic N) is 2. The molecule has 2 aromatic rings. The zero-order valence-corrected chi connectivity index (χ0v) is 12.2. The summed E-state index contributed by atoms with van der Waals surface area (Å²) in [5, 5.41) is 1.26. The van der Waals surface area contributed by atoms with Gasteiger partial charge in [-0.05, 0) is 31.2 Å². The first-order chi connectivity index (χ1) is 8.28. The molecule has 1 atom stereocenters. The number of fused-ring (bicyclic) bond motifs is 1. The van der Waals surface area contributed by atoms with E-state index in [1.54, 1.807) is 17.7 Å². The minimum absolute atomic E-state index is 0.588. The fraction of sp³-hybridized carbons (Fsp3) is 0.538. The molecule has 2 aromatic heterocycles. The van der Waals surface area contributed by atoms with E-state index in [1.807, 2.05) is 0 Å². The molecular formula is C13H15BrN2S. The Morgan fingerprint density at radius 1 is 1.47 bits per heavy atom. The number of aryl methyl sites for hydroxylation is 1. The van der Waals surface area contributed by atoms with E-state index in [1.165, 1.54) is 28.8 Å². The van der Waals surface area contributed by atoms with Gasteiger partial charge in [0.15, 0.2) is 0 Å². The molecule has 0 radical (unpaired) electrons. The summed E-state index contributed by atoms with van der Waals surface area (Å²) in [6.07, 6.45) is 6.56. The van der Waals surface area contributed by atoms with Crippen molar-refractivity contribution >= 4 is 37.5 Å². The Morgan fingerprint density at radius 2 is 2.29 bits per heavy atom. The van der Waals surface area contributed by atoms with Gasteiger partial charge in [0.1, 0.15) is 11.2 Å². The molecule has 0 saturated heterocycles. The second kappa shape index (κ2) is 4.65. The van der Waals surface area contributed by atoms with Crippen LogP contribution in [0.4, 0.5) is 0 Å². The van der Waals surface area contributed by atoms with Crippen molar-refractivity contribution in [2.45, 2.75) is 37.4 Å². The zero-order chi connectivity index (χ0) is 11.8. The van der Waals surface area contributed by atoms with Crippen LogP contribution < -0.4 is 0 Å². The first-order valence-corrected chi connectivity index (χ1v) is 7.87. The fourth-order valence-electron chi connectivity index (χ4n) is 2.10. The van der Waals surface area contributed by atoms with Gasteiger partial charge in [-0.1, -0.05) is 22.9 Å².